The smallest absolute Gasteiger partial charge is 0.265 e. The molecule has 9 heteroatoms. The number of carbonyl (C=O) groups is 1. The van der Waals surface area contributed by atoms with Crippen LogP contribution in [0.2, 0.25) is 5.02 Å². The molecule has 1 amide bonds. The third-order valence-electron chi connectivity index (χ3n) is 4.51. The number of amides is 1. The van der Waals surface area contributed by atoms with E-state index in [1.165, 1.54) is 30.3 Å². The monoisotopic (exact) mass is 474 g/mol. The highest BCUT2D eigenvalue weighted by Gasteiger charge is 2.19. The van der Waals surface area contributed by atoms with Gasteiger partial charge in [-0.15, -0.1) is 0 Å². The number of rotatable bonds is 9. The van der Waals surface area contributed by atoms with Crippen LogP contribution in [0.4, 0.5) is 11.4 Å². The van der Waals surface area contributed by atoms with E-state index in [1.54, 1.807) is 49.6 Å². The fourth-order valence-electron chi connectivity index (χ4n) is 2.85. The molecule has 3 rings (SSSR count). The highest BCUT2D eigenvalue weighted by atomic mass is 35.5. The van der Waals surface area contributed by atoms with E-state index in [4.69, 9.17) is 21.1 Å². The fraction of sp³-hybridized carbons (Fsp3) is 0.174. The first-order chi connectivity index (χ1) is 15.3. The van der Waals surface area contributed by atoms with Gasteiger partial charge in [0.25, 0.3) is 15.9 Å². The van der Waals surface area contributed by atoms with Crippen molar-refractivity contribution < 1.29 is 22.7 Å². The number of sulfonamides is 1. The first kappa shape index (κ1) is 23.4. The number of anilines is 2. The Morgan fingerprint density at radius 1 is 0.969 bits per heavy atom. The predicted octanol–water partition coefficient (Wildman–Crippen LogP) is 4.95. The van der Waals surface area contributed by atoms with Crippen LogP contribution in [0.1, 0.15) is 13.3 Å². The lowest BCUT2D eigenvalue weighted by Gasteiger charge is -2.17. The minimum absolute atomic E-state index is 0.0528. The van der Waals surface area contributed by atoms with Crippen molar-refractivity contribution in [2.24, 2.45) is 0 Å². The van der Waals surface area contributed by atoms with Gasteiger partial charge >= 0.3 is 0 Å². The third-order valence-corrected chi connectivity index (χ3v) is 6.14. The number of methoxy groups -OCH3 is 1. The standard InChI is InChI=1S/C23H23ClN2O5S/c1-3-22(31-20-11-9-19(30-2)10-12-20)23(27)25-17-7-13-21(14-8-17)32(28,29)26-18-6-4-5-16(24)15-18/h4-15,22,26H,3H2,1-2H3,(H,25,27)/t22-/m0/s1. The van der Waals surface area contributed by atoms with E-state index in [2.05, 4.69) is 10.0 Å². The van der Waals surface area contributed by atoms with Crippen LogP contribution < -0.4 is 19.5 Å². The molecule has 0 saturated carbocycles. The van der Waals surface area contributed by atoms with Crippen molar-refractivity contribution in [3.05, 3.63) is 77.8 Å². The second-order valence-electron chi connectivity index (χ2n) is 6.82. The summed E-state index contributed by atoms with van der Waals surface area (Å²) >= 11 is 5.90. The summed E-state index contributed by atoms with van der Waals surface area (Å²) in [4.78, 5) is 12.7. The van der Waals surface area contributed by atoms with E-state index >= 15 is 0 Å². The largest absolute Gasteiger partial charge is 0.497 e. The summed E-state index contributed by atoms with van der Waals surface area (Å²) in [5.41, 5.74) is 0.810. The maximum atomic E-state index is 12.6. The lowest BCUT2D eigenvalue weighted by atomic mass is 10.2. The molecule has 3 aromatic rings. The Morgan fingerprint density at radius 2 is 1.62 bits per heavy atom. The first-order valence-electron chi connectivity index (χ1n) is 9.81. The Balaban J connectivity index is 1.65. The van der Waals surface area contributed by atoms with Crippen LogP contribution in [0.5, 0.6) is 11.5 Å². The molecule has 0 unspecified atom stereocenters. The number of hydrogen-bond donors (Lipinski definition) is 2. The molecule has 0 saturated heterocycles. The second-order valence-corrected chi connectivity index (χ2v) is 8.94. The van der Waals surface area contributed by atoms with Gasteiger partial charge in [0.05, 0.1) is 17.7 Å². The molecular formula is C23H23ClN2O5S. The Morgan fingerprint density at radius 3 is 2.22 bits per heavy atom. The summed E-state index contributed by atoms with van der Waals surface area (Å²) in [6.45, 7) is 1.84. The third kappa shape index (κ3) is 6.15. The van der Waals surface area contributed by atoms with Gasteiger partial charge in [0, 0.05) is 10.7 Å². The van der Waals surface area contributed by atoms with E-state index in [-0.39, 0.29) is 10.8 Å². The van der Waals surface area contributed by atoms with Gasteiger partial charge in [-0.25, -0.2) is 8.42 Å². The molecule has 32 heavy (non-hydrogen) atoms. The number of halogens is 1. The minimum Gasteiger partial charge on any atom is -0.497 e. The Kier molecular flexibility index (Phi) is 7.61. The number of benzene rings is 3. The van der Waals surface area contributed by atoms with E-state index < -0.39 is 16.1 Å². The number of hydrogen-bond acceptors (Lipinski definition) is 5. The van der Waals surface area contributed by atoms with Crippen molar-refractivity contribution in [1.29, 1.82) is 0 Å². The molecule has 0 aliphatic rings. The van der Waals surface area contributed by atoms with Gasteiger partial charge in [0.2, 0.25) is 0 Å². The molecule has 0 fully saturated rings. The summed E-state index contributed by atoms with van der Waals surface area (Å²) in [6, 6.07) is 19.2. The Hall–Kier alpha value is -3.23. The molecule has 0 radical (unpaired) electrons. The van der Waals surface area contributed by atoms with Gasteiger partial charge in [-0.3, -0.25) is 9.52 Å². The molecular weight excluding hydrogens is 452 g/mol. The number of carbonyl (C=O) groups excluding carboxylic acids is 1. The van der Waals surface area contributed by atoms with E-state index in [1.807, 2.05) is 6.92 Å². The predicted molar refractivity (Wildman–Crippen MR) is 125 cm³/mol. The van der Waals surface area contributed by atoms with Gasteiger partial charge in [0.1, 0.15) is 11.5 Å². The molecule has 0 heterocycles. The SMILES string of the molecule is CC[C@H](Oc1ccc(OC)cc1)C(=O)Nc1ccc(S(=O)(=O)Nc2cccc(Cl)c2)cc1. The average Bonchev–Trinajstić information content (AvgIpc) is 2.78. The minimum atomic E-state index is -3.80. The van der Waals surface area contributed by atoms with Gasteiger partial charge in [-0.2, -0.15) is 0 Å². The quantitative estimate of drug-likeness (QED) is 0.458. The lowest BCUT2D eigenvalue weighted by molar-refractivity contribution is -0.122. The molecule has 0 aliphatic carbocycles. The molecule has 0 spiro atoms. The first-order valence-corrected chi connectivity index (χ1v) is 11.7. The molecule has 2 N–H and O–H groups in total. The van der Waals surface area contributed by atoms with Crippen molar-refractivity contribution in [3.8, 4) is 11.5 Å². The van der Waals surface area contributed by atoms with Crippen LogP contribution in [0.3, 0.4) is 0 Å². The maximum absolute atomic E-state index is 12.6. The molecule has 3 aromatic carbocycles. The number of nitrogens with one attached hydrogen (secondary N) is 2. The molecule has 0 bridgehead atoms. The second kappa shape index (κ2) is 10.4. The highest BCUT2D eigenvalue weighted by Crippen LogP contribution is 2.22. The van der Waals surface area contributed by atoms with Crippen molar-refractivity contribution in [3.63, 3.8) is 0 Å². The van der Waals surface area contributed by atoms with E-state index in [0.717, 1.165) is 0 Å². The number of ether oxygens (including phenoxy) is 2. The van der Waals surface area contributed by atoms with Gasteiger partial charge in [0.15, 0.2) is 6.10 Å². The summed E-state index contributed by atoms with van der Waals surface area (Å²) in [5.74, 6) is 0.895. The van der Waals surface area contributed by atoms with Crippen LogP contribution in [-0.2, 0) is 14.8 Å². The van der Waals surface area contributed by atoms with E-state index in [0.29, 0.717) is 34.3 Å². The van der Waals surface area contributed by atoms with Crippen molar-refractivity contribution >= 4 is 38.9 Å². The Bertz CT molecular complexity index is 1170. The molecule has 1 atom stereocenters. The molecule has 0 aliphatic heterocycles. The Labute approximate surface area is 192 Å². The van der Waals surface area contributed by atoms with Crippen LogP contribution in [0.25, 0.3) is 0 Å². The zero-order valence-electron chi connectivity index (χ0n) is 17.5. The maximum Gasteiger partial charge on any atom is 0.265 e. The van der Waals surface area contributed by atoms with Crippen molar-refractivity contribution in [1.82, 2.24) is 0 Å². The fourth-order valence-corrected chi connectivity index (χ4v) is 4.09. The van der Waals surface area contributed by atoms with Crippen LogP contribution in [0.15, 0.2) is 77.7 Å². The molecule has 7 nitrogen and oxygen atoms in total. The summed E-state index contributed by atoms with van der Waals surface area (Å²) < 4.78 is 38.5. The van der Waals surface area contributed by atoms with Crippen LogP contribution in [0, 0.1) is 0 Å². The average molecular weight is 475 g/mol. The van der Waals surface area contributed by atoms with E-state index in [9.17, 15) is 13.2 Å². The molecule has 168 valence electrons. The van der Waals surface area contributed by atoms with Gasteiger partial charge in [-0.1, -0.05) is 24.6 Å². The van der Waals surface area contributed by atoms with Crippen LogP contribution in [-0.4, -0.2) is 27.5 Å². The van der Waals surface area contributed by atoms with Crippen LogP contribution >= 0.6 is 11.6 Å². The zero-order chi connectivity index (χ0) is 23.1. The molecule has 0 aromatic heterocycles. The van der Waals surface area contributed by atoms with Gasteiger partial charge < -0.3 is 14.8 Å². The summed E-state index contributed by atoms with van der Waals surface area (Å²) in [5, 5.41) is 3.17. The van der Waals surface area contributed by atoms with Crippen molar-refractivity contribution in [2.45, 2.75) is 24.3 Å². The summed E-state index contributed by atoms with van der Waals surface area (Å²) in [7, 11) is -2.23. The highest BCUT2D eigenvalue weighted by molar-refractivity contribution is 7.92. The normalized spacial score (nSPS) is 12.0. The van der Waals surface area contributed by atoms with Crippen molar-refractivity contribution in [2.75, 3.05) is 17.1 Å². The zero-order valence-corrected chi connectivity index (χ0v) is 19.1. The topological polar surface area (TPSA) is 93.7 Å². The lowest BCUT2D eigenvalue weighted by Crippen LogP contribution is -2.32. The summed E-state index contributed by atoms with van der Waals surface area (Å²) in [6.07, 6.45) is -0.259. The van der Waals surface area contributed by atoms with Gasteiger partial charge in [-0.05, 0) is 73.2 Å².